The average Bonchev–Trinajstić information content (AvgIpc) is 2.62. The zero-order valence-corrected chi connectivity index (χ0v) is 7.53. The molecule has 13 heavy (non-hydrogen) atoms. The smallest absolute Gasteiger partial charge is 0.296 e. The molecule has 1 aliphatic heterocycles. The summed E-state index contributed by atoms with van der Waals surface area (Å²) in [5.41, 5.74) is 6.98. The Balaban J connectivity index is 2.43. The van der Waals surface area contributed by atoms with Crippen LogP contribution in [0, 0.1) is 6.92 Å². The third-order valence-corrected chi connectivity index (χ3v) is 2.24. The van der Waals surface area contributed by atoms with E-state index in [0.29, 0.717) is 12.6 Å². The van der Waals surface area contributed by atoms with Crippen LogP contribution in [0.25, 0.3) is 0 Å². The quantitative estimate of drug-likeness (QED) is 0.653. The minimum Gasteiger partial charge on any atom is -0.463 e. The fourth-order valence-electron chi connectivity index (χ4n) is 1.65. The second-order valence-corrected chi connectivity index (χ2v) is 3.12. The van der Waals surface area contributed by atoms with Gasteiger partial charge in [0.25, 0.3) is 6.01 Å². The summed E-state index contributed by atoms with van der Waals surface area (Å²) in [4.78, 5) is 4.19. The summed E-state index contributed by atoms with van der Waals surface area (Å²) >= 11 is 0. The minimum atomic E-state index is -0.636. The predicted molar refractivity (Wildman–Crippen MR) is 46.5 cm³/mol. The van der Waals surface area contributed by atoms with E-state index in [1.165, 1.54) is 0 Å². The number of nitrogens with zero attached hydrogens (tertiary/aromatic N) is 2. The number of nitrogens with two attached hydrogens (primary N) is 1. The van der Waals surface area contributed by atoms with Crippen LogP contribution in [0.15, 0.2) is 0 Å². The Morgan fingerprint density at radius 3 is 3.23 bits per heavy atom. The first-order valence-corrected chi connectivity index (χ1v) is 4.32. The number of aliphatic hydroxyl groups excluding tert-OH is 1. The molecule has 1 aliphatic rings. The van der Waals surface area contributed by atoms with Gasteiger partial charge in [-0.1, -0.05) is 0 Å². The summed E-state index contributed by atoms with van der Waals surface area (Å²) in [5.74, 6) is 0. The lowest BCUT2D eigenvalue weighted by atomic mass is 10.2. The maximum atomic E-state index is 9.62. The van der Waals surface area contributed by atoms with Crippen LogP contribution < -0.4 is 10.5 Å². The molecule has 1 aromatic heterocycles. The lowest BCUT2D eigenvalue weighted by Crippen LogP contribution is -2.16. The molecule has 0 aliphatic carbocycles. The Hall–Kier alpha value is -1.07. The van der Waals surface area contributed by atoms with Gasteiger partial charge in [0.1, 0.15) is 12.7 Å². The van der Waals surface area contributed by atoms with Crippen molar-refractivity contribution >= 4 is 0 Å². The van der Waals surface area contributed by atoms with Crippen molar-refractivity contribution in [3.05, 3.63) is 11.4 Å². The highest BCUT2D eigenvalue weighted by molar-refractivity contribution is 5.23. The third kappa shape index (κ3) is 1.20. The standard InChI is InChI=1S/C8H13N3O2/c1-5-7(6(12)4-9)11-2-3-13-8(11)10-5/h6,12H,2-4,9H2,1H3. The molecule has 0 saturated carbocycles. The predicted octanol–water partition coefficient (Wildman–Crippen LogP) is -0.424. The lowest BCUT2D eigenvalue weighted by molar-refractivity contribution is 0.177. The number of hydrogen-bond donors (Lipinski definition) is 2. The highest BCUT2D eigenvalue weighted by atomic mass is 16.5. The van der Waals surface area contributed by atoms with Gasteiger partial charge < -0.3 is 15.6 Å². The number of fused-ring (bicyclic) bond motifs is 1. The lowest BCUT2D eigenvalue weighted by Gasteiger charge is -2.09. The fourth-order valence-corrected chi connectivity index (χ4v) is 1.65. The Morgan fingerprint density at radius 1 is 1.77 bits per heavy atom. The first kappa shape index (κ1) is 8.52. The molecule has 72 valence electrons. The van der Waals surface area contributed by atoms with Gasteiger partial charge in [-0.2, -0.15) is 0 Å². The molecule has 5 heteroatoms. The molecule has 2 heterocycles. The Labute approximate surface area is 76.1 Å². The van der Waals surface area contributed by atoms with Crippen LogP contribution in [0.5, 0.6) is 6.01 Å². The van der Waals surface area contributed by atoms with Crippen LogP contribution in [-0.2, 0) is 6.54 Å². The zero-order valence-electron chi connectivity index (χ0n) is 7.53. The molecule has 1 aromatic rings. The number of rotatable bonds is 2. The van der Waals surface area contributed by atoms with Gasteiger partial charge in [0, 0.05) is 6.54 Å². The van der Waals surface area contributed by atoms with Gasteiger partial charge in [0.15, 0.2) is 0 Å². The van der Waals surface area contributed by atoms with E-state index in [9.17, 15) is 5.11 Å². The van der Waals surface area contributed by atoms with Crippen molar-refractivity contribution in [2.75, 3.05) is 13.2 Å². The number of aliphatic hydroxyl groups is 1. The van der Waals surface area contributed by atoms with Gasteiger partial charge in [-0.25, -0.2) is 4.98 Å². The maximum absolute atomic E-state index is 9.62. The third-order valence-electron chi connectivity index (χ3n) is 2.24. The van der Waals surface area contributed by atoms with E-state index in [2.05, 4.69) is 4.98 Å². The summed E-state index contributed by atoms with van der Waals surface area (Å²) in [7, 11) is 0. The van der Waals surface area contributed by atoms with Crippen molar-refractivity contribution in [1.82, 2.24) is 9.55 Å². The maximum Gasteiger partial charge on any atom is 0.296 e. The van der Waals surface area contributed by atoms with Crippen molar-refractivity contribution < 1.29 is 9.84 Å². The van der Waals surface area contributed by atoms with E-state index in [1.807, 2.05) is 11.5 Å². The molecule has 0 fully saturated rings. The fraction of sp³-hybridized carbons (Fsp3) is 0.625. The highest BCUT2D eigenvalue weighted by Gasteiger charge is 2.24. The number of imidazole rings is 1. The first-order chi connectivity index (χ1) is 6.24. The van der Waals surface area contributed by atoms with Gasteiger partial charge in [-0.05, 0) is 6.92 Å². The van der Waals surface area contributed by atoms with Crippen molar-refractivity contribution in [1.29, 1.82) is 0 Å². The molecule has 0 radical (unpaired) electrons. The van der Waals surface area contributed by atoms with Crippen LogP contribution >= 0.6 is 0 Å². The monoisotopic (exact) mass is 183 g/mol. The molecule has 0 bridgehead atoms. The van der Waals surface area contributed by atoms with Crippen molar-refractivity contribution in [3.63, 3.8) is 0 Å². The number of aryl methyl sites for hydroxylation is 1. The van der Waals surface area contributed by atoms with Gasteiger partial charge in [0.2, 0.25) is 0 Å². The number of hydrogen-bond acceptors (Lipinski definition) is 4. The Kier molecular flexibility index (Phi) is 1.97. The van der Waals surface area contributed by atoms with Crippen molar-refractivity contribution in [2.24, 2.45) is 5.73 Å². The largest absolute Gasteiger partial charge is 0.463 e. The van der Waals surface area contributed by atoms with Crippen LogP contribution in [0.3, 0.4) is 0 Å². The second kappa shape index (κ2) is 3.01. The molecule has 0 saturated heterocycles. The van der Waals surface area contributed by atoms with Gasteiger partial charge in [0.05, 0.1) is 17.9 Å². The van der Waals surface area contributed by atoms with E-state index in [0.717, 1.165) is 17.9 Å². The van der Waals surface area contributed by atoms with E-state index in [4.69, 9.17) is 10.5 Å². The van der Waals surface area contributed by atoms with E-state index >= 15 is 0 Å². The van der Waals surface area contributed by atoms with E-state index in [-0.39, 0.29) is 6.54 Å². The summed E-state index contributed by atoms with van der Waals surface area (Å²) < 4.78 is 7.14. The normalized spacial score (nSPS) is 16.8. The second-order valence-electron chi connectivity index (χ2n) is 3.12. The highest BCUT2D eigenvalue weighted by Crippen LogP contribution is 2.26. The Bertz CT molecular complexity index is 321. The SMILES string of the molecule is Cc1nc2n(c1C(O)CN)CCO2. The van der Waals surface area contributed by atoms with Crippen LogP contribution in [0.1, 0.15) is 17.5 Å². The van der Waals surface area contributed by atoms with E-state index < -0.39 is 6.10 Å². The summed E-state index contributed by atoms with van der Waals surface area (Å²) in [6.45, 7) is 3.45. The van der Waals surface area contributed by atoms with Crippen LogP contribution in [0.2, 0.25) is 0 Å². The molecule has 1 unspecified atom stereocenters. The molecular formula is C8H13N3O2. The molecule has 0 aromatic carbocycles. The van der Waals surface area contributed by atoms with E-state index in [1.54, 1.807) is 0 Å². The number of ether oxygens (including phenoxy) is 1. The average molecular weight is 183 g/mol. The molecular weight excluding hydrogens is 170 g/mol. The van der Waals surface area contributed by atoms with Gasteiger partial charge in [-0.3, -0.25) is 4.57 Å². The summed E-state index contributed by atoms with van der Waals surface area (Å²) in [6, 6.07) is 0.597. The molecule has 5 nitrogen and oxygen atoms in total. The zero-order chi connectivity index (χ0) is 9.42. The first-order valence-electron chi connectivity index (χ1n) is 4.32. The Morgan fingerprint density at radius 2 is 2.54 bits per heavy atom. The minimum absolute atomic E-state index is 0.214. The molecule has 0 spiro atoms. The molecule has 2 rings (SSSR count). The summed E-state index contributed by atoms with van der Waals surface area (Å²) in [6.07, 6.45) is -0.636. The van der Waals surface area contributed by atoms with Crippen LogP contribution in [-0.4, -0.2) is 27.8 Å². The molecule has 3 N–H and O–H groups in total. The number of aromatic nitrogens is 2. The molecule has 1 atom stereocenters. The van der Waals surface area contributed by atoms with Gasteiger partial charge >= 0.3 is 0 Å². The van der Waals surface area contributed by atoms with Crippen molar-refractivity contribution in [2.45, 2.75) is 19.6 Å². The van der Waals surface area contributed by atoms with Crippen LogP contribution in [0.4, 0.5) is 0 Å². The topological polar surface area (TPSA) is 73.3 Å². The molecule has 0 amide bonds. The van der Waals surface area contributed by atoms with Gasteiger partial charge in [-0.15, -0.1) is 0 Å². The summed E-state index contributed by atoms with van der Waals surface area (Å²) in [5, 5.41) is 9.62. The van der Waals surface area contributed by atoms with Crippen molar-refractivity contribution in [3.8, 4) is 6.01 Å².